The van der Waals surface area contributed by atoms with Crippen LogP contribution in [0, 0.1) is 6.92 Å². The SMILES string of the molecule is C=C/C=C\C(=N/C)c1cccc(C)c1OC. The molecular weight excluding hydrogens is 198 g/mol. The minimum Gasteiger partial charge on any atom is -0.496 e. The first kappa shape index (κ1) is 12.2. The standard InChI is InChI=1S/C14H17NO/c1-5-6-10-13(15-3)12-9-7-8-11(2)14(12)16-4/h5-10H,1H2,2-4H3/b10-6-,15-13+. The van der Waals surface area contributed by atoms with E-state index in [0.29, 0.717) is 0 Å². The third-order valence-electron chi connectivity index (χ3n) is 2.32. The number of methoxy groups -OCH3 is 1. The van der Waals surface area contributed by atoms with Crippen LogP contribution in [0.2, 0.25) is 0 Å². The average molecular weight is 215 g/mol. The van der Waals surface area contributed by atoms with Crippen LogP contribution in [0.15, 0.2) is 48.0 Å². The van der Waals surface area contributed by atoms with Gasteiger partial charge in [0, 0.05) is 12.6 Å². The predicted molar refractivity (Wildman–Crippen MR) is 69.5 cm³/mol. The molecule has 1 aromatic rings. The quantitative estimate of drug-likeness (QED) is 0.558. The van der Waals surface area contributed by atoms with Crippen molar-refractivity contribution < 1.29 is 4.74 Å². The fourth-order valence-electron chi connectivity index (χ4n) is 1.57. The van der Waals surface area contributed by atoms with Gasteiger partial charge in [0.15, 0.2) is 0 Å². The highest BCUT2D eigenvalue weighted by atomic mass is 16.5. The predicted octanol–water partition coefficient (Wildman–Crippen LogP) is 3.16. The summed E-state index contributed by atoms with van der Waals surface area (Å²) in [4.78, 5) is 4.25. The van der Waals surface area contributed by atoms with Gasteiger partial charge in [0.1, 0.15) is 5.75 Å². The lowest BCUT2D eigenvalue weighted by Crippen LogP contribution is -2.01. The highest BCUT2D eigenvalue weighted by Gasteiger charge is 2.08. The highest BCUT2D eigenvalue weighted by Crippen LogP contribution is 2.23. The largest absolute Gasteiger partial charge is 0.496 e. The van der Waals surface area contributed by atoms with Gasteiger partial charge >= 0.3 is 0 Å². The van der Waals surface area contributed by atoms with Crippen molar-refractivity contribution in [1.29, 1.82) is 0 Å². The first-order valence-corrected chi connectivity index (χ1v) is 5.14. The molecule has 0 unspecified atom stereocenters. The lowest BCUT2D eigenvalue weighted by Gasteiger charge is -2.10. The molecule has 0 aliphatic heterocycles. The molecule has 0 N–H and O–H groups in total. The Morgan fingerprint density at radius 2 is 2.19 bits per heavy atom. The summed E-state index contributed by atoms with van der Waals surface area (Å²) >= 11 is 0. The van der Waals surface area contributed by atoms with E-state index in [9.17, 15) is 0 Å². The summed E-state index contributed by atoms with van der Waals surface area (Å²) in [5.74, 6) is 0.872. The zero-order chi connectivity index (χ0) is 12.0. The molecule has 0 aliphatic carbocycles. The molecule has 0 aromatic heterocycles. The van der Waals surface area contributed by atoms with Crippen LogP contribution < -0.4 is 4.74 Å². The van der Waals surface area contributed by atoms with Crippen molar-refractivity contribution in [2.24, 2.45) is 4.99 Å². The molecule has 0 amide bonds. The van der Waals surface area contributed by atoms with Crippen LogP contribution in [-0.2, 0) is 0 Å². The van der Waals surface area contributed by atoms with E-state index in [1.54, 1.807) is 20.2 Å². The molecule has 0 atom stereocenters. The maximum absolute atomic E-state index is 5.40. The summed E-state index contributed by atoms with van der Waals surface area (Å²) in [5, 5.41) is 0. The number of hydrogen-bond acceptors (Lipinski definition) is 2. The summed E-state index contributed by atoms with van der Waals surface area (Å²) in [5.41, 5.74) is 3.00. The fourth-order valence-corrected chi connectivity index (χ4v) is 1.57. The van der Waals surface area contributed by atoms with Crippen LogP contribution in [-0.4, -0.2) is 19.9 Å². The Morgan fingerprint density at radius 3 is 2.75 bits per heavy atom. The van der Waals surface area contributed by atoms with E-state index in [1.807, 2.05) is 37.3 Å². The Balaban J connectivity index is 3.25. The van der Waals surface area contributed by atoms with Crippen molar-refractivity contribution in [3.05, 3.63) is 54.1 Å². The lowest BCUT2D eigenvalue weighted by atomic mass is 10.0. The monoisotopic (exact) mass is 215 g/mol. The topological polar surface area (TPSA) is 21.6 Å². The van der Waals surface area contributed by atoms with Crippen molar-refractivity contribution in [1.82, 2.24) is 0 Å². The Bertz CT molecular complexity index is 430. The molecule has 0 bridgehead atoms. The molecule has 84 valence electrons. The van der Waals surface area contributed by atoms with Crippen molar-refractivity contribution in [2.45, 2.75) is 6.92 Å². The molecule has 0 saturated heterocycles. The highest BCUT2D eigenvalue weighted by molar-refractivity contribution is 6.10. The third-order valence-corrected chi connectivity index (χ3v) is 2.32. The Morgan fingerprint density at radius 1 is 1.44 bits per heavy atom. The minimum absolute atomic E-state index is 0.872. The van der Waals surface area contributed by atoms with Crippen LogP contribution in [0.5, 0.6) is 5.75 Å². The molecule has 0 fully saturated rings. The number of ether oxygens (including phenoxy) is 1. The van der Waals surface area contributed by atoms with Crippen molar-refractivity contribution >= 4 is 5.71 Å². The van der Waals surface area contributed by atoms with Crippen molar-refractivity contribution in [3.8, 4) is 5.75 Å². The minimum atomic E-state index is 0.872. The van der Waals surface area contributed by atoms with E-state index in [-0.39, 0.29) is 0 Å². The van der Waals surface area contributed by atoms with Crippen molar-refractivity contribution in [2.75, 3.05) is 14.2 Å². The van der Waals surface area contributed by atoms with Gasteiger partial charge in [-0.2, -0.15) is 0 Å². The maximum Gasteiger partial charge on any atom is 0.131 e. The second kappa shape index (κ2) is 5.91. The smallest absolute Gasteiger partial charge is 0.131 e. The molecule has 2 heteroatoms. The molecular formula is C14H17NO. The number of aliphatic imine (C=N–C) groups is 1. The molecule has 1 rings (SSSR count). The number of aryl methyl sites for hydroxylation is 1. The van der Waals surface area contributed by atoms with Gasteiger partial charge in [-0.1, -0.05) is 30.9 Å². The first-order chi connectivity index (χ1) is 7.74. The molecule has 16 heavy (non-hydrogen) atoms. The summed E-state index contributed by atoms with van der Waals surface area (Å²) in [6.45, 7) is 5.67. The van der Waals surface area contributed by atoms with Gasteiger partial charge < -0.3 is 4.74 Å². The Kier molecular flexibility index (Phi) is 4.52. The molecule has 1 aromatic carbocycles. The zero-order valence-electron chi connectivity index (χ0n) is 10.0. The van der Waals surface area contributed by atoms with Gasteiger partial charge in [-0.25, -0.2) is 0 Å². The number of para-hydroxylation sites is 1. The summed E-state index contributed by atoms with van der Waals surface area (Å²) in [7, 11) is 3.45. The number of nitrogens with zero attached hydrogens (tertiary/aromatic N) is 1. The number of allylic oxidation sites excluding steroid dienone is 3. The van der Waals surface area contributed by atoms with Crippen LogP contribution in [0.1, 0.15) is 11.1 Å². The van der Waals surface area contributed by atoms with E-state index < -0.39 is 0 Å². The second-order valence-corrected chi connectivity index (χ2v) is 3.36. The second-order valence-electron chi connectivity index (χ2n) is 3.36. The lowest BCUT2D eigenvalue weighted by molar-refractivity contribution is 0.411. The molecule has 2 nitrogen and oxygen atoms in total. The van der Waals surface area contributed by atoms with Crippen LogP contribution in [0.25, 0.3) is 0 Å². The van der Waals surface area contributed by atoms with E-state index in [1.165, 1.54) is 0 Å². The van der Waals surface area contributed by atoms with Gasteiger partial charge in [0.05, 0.1) is 12.8 Å². The molecule has 0 radical (unpaired) electrons. The normalized spacial score (nSPS) is 11.8. The van der Waals surface area contributed by atoms with Gasteiger partial charge in [-0.15, -0.1) is 0 Å². The summed E-state index contributed by atoms with van der Waals surface area (Å²) in [6.07, 6.45) is 5.52. The Hall–Kier alpha value is -1.83. The van der Waals surface area contributed by atoms with Gasteiger partial charge in [0.2, 0.25) is 0 Å². The van der Waals surface area contributed by atoms with E-state index in [2.05, 4.69) is 11.6 Å². The van der Waals surface area contributed by atoms with E-state index >= 15 is 0 Å². The molecule has 0 aliphatic rings. The van der Waals surface area contributed by atoms with Crippen LogP contribution in [0.3, 0.4) is 0 Å². The maximum atomic E-state index is 5.40. The van der Waals surface area contributed by atoms with Crippen molar-refractivity contribution in [3.63, 3.8) is 0 Å². The molecule has 0 spiro atoms. The van der Waals surface area contributed by atoms with E-state index in [4.69, 9.17) is 4.74 Å². The van der Waals surface area contributed by atoms with Gasteiger partial charge in [0.25, 0.3) is 0 Å². The number of benzene rings is 1. The molecule has 0 saturated carbocycles. The number of rotatable bonds is 4. The third kappa shape index (κ3) is 2.60. The van der Waals surface area contributed by atoms with E-state index in [0.717, 1.165) is 22.6 Å². The fraction of sp³-hybridized carbons (Fsp3) is 0.214. The van der Waals surface area contributed by atoms with Gasteiger partial charge in [-0.05, 0) is 24.6 Å². The number of hydrogen-bond donors (Lipinski definition) is 0. The average Bonchev–Trinajstić information content (AvgIpc) is 2.30. The van der Waals surface area contributed by atoms with Gasteiger partial charge in [-0.3, -0.25) is 4.99 Å². The summed E-state index contributed by atoms with van der Waals surface area (Å²) in [6, 6.07) is 6.02. The zero-order valence-corrected chi connectivity index (χ0v) is 10.0. The molecule has 0 heterocycles. The van der Waals surface area contributed by atoms with Crippen LogP contribution in [0.4, 0.5) is 0 Å². The first-order valence-electron chi connectivity index (χ1n) is 5.14. The van der Waals surface area contributed by atoms with Crippen LogP contribution >= 0.6 is 0 Å². The summed E-state index contributed by atoms with van der Waals surface area (Å²) < 4.78 is 5.40. The Labute approximate surface area is 97.0 Å².